The fourth-order valence-electron chi connectivity index (χ4n) is 0.554. The summed E-state index contributed by atoms with van der Waals surface area (Å²) in [5.41, 5.74) is 7.16. The monoisotopic (exact) mass is 264 g/mol. The van der Waals surface area contributed by atoms with Gasteiger partial charge in [-0.25, -0.2) is 0 Å². The van der Waals surface area contributed by atoms with E-state index in [1.807, 2.05) is 6.07 Å². The number of hydrogen-bond donors (Lipinski definition) is 1. The second-order valence-electron chi connectivity index (χ2n) is 1.83. The largest absolute Gasteiger partial charge is 0.397 e. The first-order valence-electron chi connectivity index (χ1n) is 2.70. The molecule has 10 heavy (non-hydrogen) atoms. The van der Waals surface area contributed by atoms with Gasteiger partial charge < -0.3 is 5.73 Å². The Kier molecular flexibility index (Phi) is 2.68. The summed E-state index contributed by atoms with van der Waals surface area (Å²) in [6.45, 7) is 0. The second-order valence-corrected chi connectivity index (χ2v) is 3.25. The van der Waals surface area contributed by atoms with Crippen LogP contribution < -0.4 is 5.73 Å². The summed E-state index contributed by atoms with van der Waals surface area (Å²) in [5, 5.41) is 0.756. The lowest BCUT2D eigenvalue weighted by Crippen LogP contribution is -1.90. The molecule has 0 saturated heterocycles. The first-order chi connectivity index (χ1) is 4.74. The highest BCUT2D eigenvalue weighted by molar-refractivity contribution is 9.10. The van der Waals surface area contributed by atoms with Crippen LogP contribution in [0, 0.1) is 0 Å². The minimum absolute atomic E-state index is 0.671. The van der Waals surface area contributed by atoms with Crippen molar-refractivity contribution < 1.29 is 0 Å². The summed E-state index contributed by atoms with van der Waals surface area (Å²) >= 11 is 6.59. The van der Waals surface area contributed by atoms with Crippen molar-refractivity contribution in [2.45, 2.75) is 5.33 Å². The van der Waals surface area contributed by atoms with Gasteiger partial charge in [0.1, 0.15) is 0 Å². The zero-order valence-corrected chi connectivity index (χ0v) is 8.31. The van der Waals surface area contributed by atoms with E-state index in [0.717, 1.165) is 15.5 Å². The van der Waals surface area contributed by atoms with Crippen LogP contribution in [0.25, 0.3) is 0 Å². The molecular formula is C6H6Br2N2. The van der Waals surface area contributed by atoms with Crippen LogP contribution in [0.3, 0.4) is 0 Å². The maximum Gasteiger partial charge on any atom is 0.0645 e. The van der Waals surface area contributed by atoms with Gasteiger partial charge >= 0.3 is 0 Å². The first-order valence-corrected chi connectivity index (χ1v) is 4.61. The number of alkyl halides is 1. The number of aromatic nitrogens is 1. The molecule has 1 heterocycles. The third-order valence-corrected chi connectivity index (χ3v) is 2.34. The van der Waals surface area contributed by atoms with E-state index in [-0.39, 0.29) is 0 Å². The van der Waals surface area contributed by atoms with E-state index >= 15 is 0 Å². The molecule has 54 valence electrons. The third kappa shape index (κ3) is 1.70. The van der Waals surface area contributed by atoms with Crippen LogP contribution in [0.15, 0.2) is 16.7 Å². The first kappa shape index (κ1) is 8.01. The maximum absolute atomic E-state index is 5.52. The fraction of sp³-hybridized carbons (Fsp3) is 0.167. The predicted octanol–water partition coefficient (Wildman–Crippen LogP) is 2.32. The molecule has 0 bridgehead atoms. The van der Waals surface area contributed by atoms with Crippen LogP contribution in [0.1, 0.15) is 5.69 Å². The number of nitrogens with two attached hydrogens (primary N) is 1. The Morgan fingerprint density at radius 2 is 2.30 bits per heavy atom. The molecule has 0 amide bonds. The molecule has 1 aromatic rings. The van der Waals surface area contributed by atoms with Gasteiger partial charge in [0.2, 0.25) is 0 Å². The number of nitrogens with zero attached hydrogens (tertiary/aromatic N) is 1. The molecule has 4 heteroatoms. The lowest BCUT2D eigenvalue weighted by Gasteiger charge is -1.98. The Morgan fingerprint density at radius 1 is 1.60 bits per heavy atom. The van der Waals surface area contributed by atoms with E-state index in [0.29, 0.717) is 5.69 Å². The molecule has 0 spiro atoms. The Hall–Kier alpha value is -0.0900. The van der Waals surface area contributed by atoms with Crippen molar-refractivity contribution in [3.63, 3.8) is 0 Å². The van der Waals surface area contributed by atoms with Crippen LogP contribution in [-0.4, -0.2) is 4.98 Å². The average molecular weight is 266 g/mol. The molecule has 1 rings (SSSR count). The molecule has 0 unspecified atom stereocenters. The van der Waals surface area contributed by atoms with E-state index in [4.69, 9.17) is 5.73 Å². The minimum Gasteiger partial charge on any atom is -0.397 e. The molecular weight excluding hydrogens is 260 g/mol. The second kappa shape index (κ2) is 3.34. The lowest BCUT2D eigenvalue weighted by molar-refractivity contribution is 1.18. The molecule has 0 saturated carbocycles. The molecule has 1 aromatic heterocycles. The SMILES string of the molecule is Nc1cnc(CBr)cc1Br. The summed E-state index contributed by atoms with van der Waals surface area (Å²) in [7, 11) is 0. The van der Waals surface area contributed by atoms with E-state index in [9.17, 15) is 0 Å². The topological polar surface area (TPSA) is 38.9 Å². The van der Waals surface area contributed by atoms with Crippen molar-refractivity contribution in [2.24, 2.45) is 0 Å². The summed E-state index contributed by atoms with van der Waals surface area (Å²) in [6.07, 6.45) is 1.64. The Labute approximate surface area is 76.1 Å². The molecule has 0 atom stereocenters. The Balaban J connectivity index is 3.04. The van der Waals surface area contributed by atoms with Gasteiger partial charge in [0.25, 0.3) is 0 Å². The zero-order chi connectivity index (χ0) is 7.56. The fourth-order valence-corrected chi connectivity index (χ4v) is 1.23. The van der Waals surface area contributed by atoms with Crippen molar-refractivity contribution in [3.05, 3.63) is 22.4 Å². The number of nitrogen functional groups attached to an aromatic ring is 1. The normalized spacial score (nSPS) is 9.80. The van der Waals surface area contributed by atoms with Crippen molar-refractivity contribution in [3.8, 4) is 0 Å². The van der Waals surface area contributed by atoms with Gasteiger partial charge in [0.05, 0.1) is 17.6 Å². The van der Waals surface area contributed by atoms with Gasteiger partial charge in [0.15, 0.2) is 0 Å². The van der Waals surface area contributed by atoms with Crippen LogP contribution >= 0.6 is 31.9 Å². The van der Waals surface area contributed by atoms with Gasteiger partial charge in [-0.1, -0.05) is 15.9 Å². The van der Waals surface area contributed by atoms with Gasteiger partial charge in [-0.3, -0.25) is 4.98 Å². The summed E-state index contributed by atoms with van der Waals surface area (Å²) in [4.78, 5) is 4.06. The number of rotatable bonds is 1. The number of halogens is 2. The molecule has 0 radical (unpaired) electrons. The van der Waals surface area contributed by atoms with E-state index in [1.165, 1.54) is 0 Å². The molecule has 2 N–H and O–H groups in total. The smallest absolute Gasteiger partial charge is 0.0645 e. The van der Waals surface area contributed by atoms with E-state index in [1.54, 1.807) is 6.20 Å². The molecule has 2 nitrogen and oxygen atoms in total. The zero-order valence-electron chi connectivity index (χ0n) is 5.14. The lowest BCUT2D eigenvalue weighted by atomic mass is 10.3. The quantitative estimate of drug-likeness (QED) is 0.792. The average Bonchev–Trinajstić information content (AvgIpc) is 1.95. The molecule has 0 aliphatic carbocycles. The predicted molar refractivity (Wildman–Crippen MR) is 49.0 cm³/mol. The van der Waals surface area contributed by atoms with Crippen LogP contribution in [0.2, 0.25) is 0 Å². The van der Waals surface area contributed by atoms with E-state index in [2.05, 4.69) is 36.8 Å². The maximum atomic E-state index is 5.52. The summed E-state index contributed by atoms with van der Waals surface area (Å²) in [5.74, 6) is 0. The van der Waals surface area contributed by atoms with Gasteiger partial charge in [-0.15, -0.1) is 0 Å². The Morgan fingerprint density at radius 3 is 2.80 bits per heavy atom. The Bertz CT molecular complexity index is 237. The van der Waals surface area contributed by atoms with Crippen LogP contribution in [-0.2, 0) is 5.33 Å². The highest BCUT2D eigenvalue weighted by Crippen LogP contribution is 2.19. The van der Waals surface area contributed by atoms with Gasteiger partial charge in [-0.05, 0) is 22.0 Å². The van der Waals surface area contributed by atoms with Crippen molar-refractivity contribution in [1.29, 1.82) is 0 Å². The summed E-state index contributed by atoms with van der Waals surface area (Å²) in [6, 6.07) is 1.89. The number of hydrogen-bond acceptors (Lipinski definition) is 2. The van der Waals surface area contributed by atoms with Crippen molar-refractivity contribution >= 4 is 37.5 Å². The molecule has 0 aliphatic heterocycles. The van der Waals surface area contributed by atoms with Gasteiger partial charge in [0, 0.05) is 9.80 Å². The molecule has 0 aliphatic rings. The van der Waals surface area contributed by atoms with Gasteiger partial charge in [-0.2, -0.15) is 0 Å². The number of anilines is 1. The number of pyridine rings is 1. The standard InChI is InChI=1S/C6H6Br2N2/c7-2-4-1-5(8)6(9)3-10-4/h1,3H,2,9H2. The minimum atomic E-state index is 0.671. The van der Waals surface area contributed by atoms with Crippen LogP contribution in [0.5, 0.6) is 0 Å². The van der Waals surface area contributed by atoms with Crippen LogP contribution in [0.4, 0.5) is 5.69 Å². The van der Waals surface area contributed by atoms with Crippen molar-refractivity contribution in [1.82, 2.24) is 4.98 Å². The van der Waals surface area contributed by atoms with Crippen molar-refractivity contribution in [2.75, 3.05) is 5.73 Å². The highest BCUT2D eigenvalue weighted by atomic mass is 79.9. The molecule has 0 aromatic carbocycles. The highest BCUT2D eigenvalue weighted by Gasteiger charge is 1.96. The van der Waals surface area contributed by atoms with E-state index < -0.39 is 0 Å². The third-order valence-electron chi connectivity index (χ3n) is 1.08. The summed E-state index contributed by atoms with van der Waals surface area (Å²) < 4.78 is 0.900. The molecule has 0 fully saturated rings.